The Morgan fingerprint density at radius 1 is 1.21 bits per heavy atom. The molecule has 2 rings (SSSR count). The van der Waals surface area contributed by atoms with Crippen LogP contribution in [-0.2, 0) is 6.54 Å². The van der Waals surface area contributed by atoms with Gasteiger partial charge in [-0.2, -0.15) is 0 Å². The van der Waals surface area contributed by atoms with Crippen LogP contribution in [0, 0.1) is 0 Å². The first-order valence-electron chi connectivity index (χ1n) is 5.89. The summed E-state index contributed by atoms with van der Waals surface area (Å²) >= 11 is 1.71. The zero-order chi connectivity index (χ0) is 13.7. The molecule has 3 nitrogen and oxygen atoms in total. The molecule has 0 heterocycles. The molecule has 0 amide bonds. The molecule has 0 aliphatic carbocycles. The number of hydrogen-bond acceptors (Lipinski definition) is 3. The first-order chi connectivity index (χ1) is 9.19. The fraction of sp³-hybridized carbons (Fsp3) is 0.133. The lowest BCUT2D eigenvalue weighted by Crippen LogP contribution is -2.01. The minimum Gasteiger partial charge on any atom is -0.478 e. The molecule has 2 aromatic rings. The summed E-state index contributed by atoms with van der Waals surface area (Å²) in [7, 11) is 0. The van der Waals surface area contributed by atoms with Crippen molar-refractivity contribution in [3.63, 3.8) is 0 Å². The molecule has 2 aromatic carbocycles. The van der Waals surface area contributed by atoms with Crippen LogP contribution in [0.3, 0.4) is 0 Å². The predicted octanol–water partition coefficient (Wildman–Crippen LogP) is 3.72. The van der Waals surface area contributed by atoms with E-state index in [0.29, 0.717) is 12.1 Å². The van der Waals surface area contributed by atoms with Gasteiger partial charge in [-0.3, -0.25) is 0 Å². The maximum Gasteiger partial charge on any atom is 0.335 e. The molecule has 19 heavy (non-hydrogen) atoms. The maximum absolute atomic E-state index is 10.9. The Balaban J connectivity index is 2.01. The largest absolute Gasteiger partial charge is 0.478 e. The highest BCUT2D eigenvalue weighted by molar-refractivity contribution is 7.98. The van der Waals surface area contributed by atoms with Gasteiger partial charge in [-0.15, -0.1) is 11.8 Å². The Morgan fingerprint density at radius 2 is 1.95 bits per heavy atom. The van der Waals surface area contributed by atoms with Crippen LogP contribution in [0.4, 0.5) is 5.69 Å². The van der Waals surface area contributed by atoms with E-state index in [1.54, 1.807) is 30.0 Å². The highest BCUT2D eigenvalue weighted by atomic mass is 32.2. The van der Waals surface area contributed by atoms with Gasteiger partial charge in [0.15, 0.2) is 0 Å². The molecule has 0 bridgehead atoms. The van der Waals surface area contributed by atoms with E-state index in [0.717, 1.165) is 5.69 Å². The second kappa shape index (κ2) is 6.29. The smallest absolute Gasteiger partial charge is 0.335 e. The average Bonchev–Trinajstić information content (AvgIpc) is 2.46. The van der Waals surface area contributed by atoms with Crippen LogP contribution < -0.4 is 5.32 Å². The number of anilines is 1. The fourth-order valence-corrected chi connectivity index (χ4v) is 2.12. The topological polar surface area (TPSA) is 49.3 Å². The quantitative estimate of drug-likeness (QED) is 0.815. The van der Waals surface area contributed by atoms with Crippen LogP contribution >= 0.6 is 11.8 Å². The van der Waals surface area contributed by atoms with Crippen LogP contribution in [0.15, 0.2) is 53.4 Å². The second-order valence-corrected chi connectivity index (χ2v) is 4.97. The van der Waals surface area contributed by atoms with Gasteiger partial charge in [0.2, 0.25) is 0 Å². The third kappa shape index (κ3) is 3.76. The molecule has 0 fully saturated rings. The number of carboxylic acid groups (broad SMARTS) is 1. The van der Waals surface area contributed by atoms with Gasteiger partial charge >= 0.3 is 5.97 Å². The van der Waals surface area contributed by atoms with Crippen LogP contribution in [0.1, 0.15) is 15.9 Å². The van der Waals surface area contributed by atoms with E-state index >= 15 is 0 Å². The van der Waals surface area contributed by atoms with Gasteiger partial charge in [0.25, 0.3) is 0 Å². The van der Waals surface area contributed by atoms with Crippen LogP contribution in [0.2, 0.25) is 0 Å². The van der Waals surface area contributed by atoms with E-state index < -0.39 is 5.97 Å². The lowest BCUT2D eigenvalue weighted by atomic mass is 10.2. The van der Waals surface area contributed by atoms with E-state index in [2.05, 4.69) is 29.6 Å². The van der Waals surface area contributed by atoms with Crippen molar-refractivity contribution in [2.24, 2.45) is 0 Å². The first-order valence-corrected chi connectivity index (χ1v) is 7.11. The summed E-state index contributed by atoms with van der Waals surface area (Å²) < 4.78 is 0. The lowest BCUT2D eigenvalue weighted by molar-refractivity contribution is 0.0697. The van der Waals surface area contributed by atoms with Crippen molar-refractivity contribution in [1.82, 2.24) is 0 Å². The van der Waals surface area contributed by atoms with Crippen molar-refractivity contribution in [2.75, 3.05) is 11.6 Å². The molecule has 0 atom stereocenters. The van der Waals surface area contributed by atoms with Gasteiger partial charge in [-0.25, -0.2) is 4.79 Å². The summed E-state index contributed by atoms with van der Waals surface area (Å²) in [6, 6.07) is 15.1. The van der Waals surface area contributed by atoms with Crippen molar-refractivity contribution < 1.29 is 9.90 Å². The van der Waals surface area contributed by atoms with E-state index in [9.17, 15) is 4.79 Å². The Hall–Kier alpha value is -1.94. The molecular weight excluding hydrogens is 258 g/mol. The van der Waals surface area contributed by atoms with E-state index in [-0.39, 0.29) is 0 Å². The number of carboxylic acids is 1. The number of aromatic carboxylic acids is 1. The highest BCUT2D eigenvalue weighted by Crippen LogP contribution is 2.16. The van der Waals surface area contributed by atoms with E-state index in [4.69, 9.17) is 5.11 Å². The average molecular weight is 273 g/mol. The molecule has 98 valence electrons. The van der Waals surface area contributed by atoms with Crippen LogP contribution in [0.25, 0.3) is 0 Å². The number of hydrogen-bond donors (Lipinski definition) is 2. The molecule has 0 radical (unpaired) electrons. The van der Waals surface area contributed by atoms with Crippen molar-refractivity contribution in [1.29, 1.82) is 0 Å². The van der Waals surface area contributed by atoms with Gasteiger partial charge in [0.05, 0.1) is 5.56 Å². The Kier molecular flexibility index (Phi) is 4.47. The Morgan fingerprint density at radius 3 is 2.58 bits per heavy atom. The number of nitrogens with one attached hydrogen (secondary N) is 1. The van der Waals surface area contributed by atoms with Gasteiger partial charge < -0.3 is 10.4 Å². The maximum atomic E-state index is 10.9. The monoisotopic (exact) mass is 273 g/mol. The number of carbonyl (C=O) groups is 1. The van der Waals surface area contributed by atoms with Gasteiger partial charge in [-0.05, 0) is 42.2 Å². The minimum absolute atomic E-state index is 0.294. The lowest BCUT2D eigenvalue weighted by Gasteiger charge is -2.07. The zero-order valence-electron chi connectivity index (χ0n) is 10.6. The van der Waals surface area contributed by atoms with Gasteiger partial charge in [0.1, 0.15) is 0 Å². The summed E-state index contributed by atoms with van der Waals surface area (Å²) in [5.41, 5.74) is 2.27. The number of thioether (sulfide) groups is 1. The molecule has 0 aliphatic heterocycles. The predicted molar refractivity (Wildman–Crippen MR) is 79.0 cm³/mol. The van der Waals surface area contributed by atoms with Gasteiger partial charge in [0, 0.05) is 17.1 Å². The molecule has 0 unspecified atom stereocenters. The molecular formula is C15H15NO2S. The van der Waals surface area contributed by atoms with Gasteiger partial charge in [-0.1, -0.05) is 18.2 Å². The third-order valence-electron chi connectivity index (χ3n) is 2.77. The molecule has 0 saturated heterocycles. The SMILES string of the molecule is CSc1ccc(CNc2cccc(C(=O)O)c2)cc1. The minimum atomic E-state index is -0.909. The van der Waals surface area contributed by atoms with Crippen molar-refractivity contribution in [2.45, 2.75) is 11.4 Å². The van der Waals surface area contributed by atoms with Crippen molar-refractivity contribution >= 4 is 23.4 Å². The van der Waals surface area contributed by atoms with Crippen molar-refractivity contribution in [3.8, 4) is 0 Å². The van der Waals surface area contributed by atoms with Crippen LogP contribution in [-0.4, -0.2) is 17.3 Å². The Labute approximate surface area is 116 Å². The summed E-state index contributed by atoms with van der Waals surface area (Å²) in [5.74, 6) is -0.909. The van der Waals surface area contributed by atoms with Crippen molar-refractivity contribution in [3.05, 3.63) is 59.7 Å². The molecule has 0 aromatic heterocycles. The highest BCUT2D eigenvalue weighted by Gasteiger charge is 2.02. The second-order valence-electron chi connectivity index (χ2n) is 4.09. The number of rotatable bonds is 5. The summed E-state index contributed by atoms with van der Waals surface area (Å²) in [5, 5.41) is 12.1. The number of benzene rings is 2. The molecule has 4 heteroatoms. The third-order valence-corrected chi connectivity index (χ3v) is 3.51. The summed E-state index contributed by atoms with van der Waals surface area (Å²) in [4.78, 5) is 12.1. The zero-order valence-corrected chi connectivity index (χ0v) is 11.4. The summed E-state index contributed by atoms with van der Waals surface area (Å²) in [6.07, 6.45) is 2.05. The normalized spacial score (nSPS) is 10.2. The van der Waals surface area contributed by atoms with Crippen LogP contribution in [0.5, 0.6) is 0 Å². The summed E-state index contributed by atoms with van der Waals surface area (Å²) in [6.45, 7) is 0.678. The Bertz CT molecular complexity index is 567. The fourth-order valence-electron chi connectivity index (χ4n) is 1.71. The molecule has 2 N–H and O–H groups in total. The molecule has 0 spiro atoms. The first kappa shape index (κ1) is 13.5. The van der Waals surface area contributed by atoms with E-state index in [1.165, 1.54) is 10.5 Å². The molecule has 0 saturated carbocycles. The van der Waals surface area contributed by atoms with E-state index in [1.807, 2.05) is 12.3 Å². The standard InChI is InChI=1S/C15H15NO2S/c1-19-14-7-5-11(6-8-14)10-16-13-4-2-3-12(9-13)15(17)18/h2-9,16H,10H2,1H3,(H,17,18). The molecule has 0 aliphatic rings.